The molecule has 1 atom stereocenters. The van der Waals surface area contributed by atoms with Crippen LogP contribution in [0, 0.1) is 0 Å². The number of piperazine rings is 1. The van der Waals surface area contributed by atoms with Gasteiger partial charge in [0.05, 0.1) is 39.8 Å². The van der Waals surface area contributed by atoms with Gasteiger partial charge in [0.1, 0.15) is 11.7 Å². The molecular formula is C26H29N7O4S. The van der Waals surface area contributed by atoms with Gasteiger partial charge in [0.15, 0.2) is 5.78 Å². The lowest BCUT2D eigenvalue weighted by atomic mass is 10.1. The molecule has 1 aromatic heterocycles. The molecule has 12 heteroatoms. The van der Waals surface area contributed by atoms with Crippen LogP contribution in [0.3, 0.4) is 0 Å². The zero-order valence-corrected chi connectivity index (χ0v) is 21.9. The van der Waals surface area contributed by atoms with Crippen molar-refractivity contribution in [1.82, 2.24) is 20.2 Å². The van der Waals surface area contributed by atoms with Gasteiger partial charge in [-0.15, -0.1) is 11.3 Å². The number of azo groups is 1. The first kappa shape index (κ1) is 24.9. The molecule has 2 fully saturated rings. The van der Waals surface area contributed by atoms with Gasteiger partial charge in [-0.2, -0.15) is 10.2 Å². The number of fused-ring (bicyclic) bond motifs is 3. The first-order valence-corrected chi connectivity index (χ1v) is 13.7. The Bertz CT molecular complexity index is 1340. The summed E-state index contributed by atoms with van der Waals surface area (Å²) in [7, 11) is 0. The summed E-state index contributed by atoms with van der Waals surface area (Å²) in [4.78, 5) is 45.0. The van der Waals surface area contributed by atoms with Crippen LogP contribution in [0.5, 0.6) is 0 Å². The number of benzene rings is 1. The van der Waals surface area contributed by atoms with Crippen LogP contribution < -0.4 is 10.7 Å². The Morgan fingerprint density at radius 2 is 1.87 bits per heavy atom. The number of hydrogen-bond donors (Lipinski definition) is 2. The lowest BCUT2D eigenvalue weighted by Gasteiger charge is -2.33. The number of ketones is 1. The lowest BCUT2D eigenvalue weighted by molar-refractivity contribution is 0.0207. The standard InChI is InChI=1S/C26H29N7O4S/c1-2-31-8-10-32(11-9-31)25(35)19-7-6-18(38-19)23-21-22(28-29-23)16-4-3-5-17(20(16)24(21)34)27-26(36)30-33-12-14-37-15-13-33/h3-7,22H,2,8-15H2,1H3,(H2,27,30,36). The van der Waals surface area contributed by atoms with Crippen LogP contribution in [-0.2, 0) is 4.74 Å². The number of carbonyl (C=O) groups is 3. The van der Waals surface area contributed by atoms with Crippen molar-refractivity contribution < 1.29 is 19.1 Å². The summed E-state index contributed by atoms with van der Waals surface area (Å²) in [5, 5.41) is 13.4. The molecule has 4 aliphatic rings. The van der Waals surface area contributed by atoms with Crippen molar-refractivity contribution in [3.8, 4) is 0 Å². The molecule has 2 saturated heterocycles. The Kier molecular flexibility index (Phi) is 6.78. The van der Waals surface area contributed by atoms with Gasteiger partial charge in [0, 0.05) is 39.3 Å². The predicted molar refractivity (Wildman–Crippen MR) is 142 cm³/mol. The maximum Gasteiger partial charge on any atom is 0.333 e. The summed E-state index contributed by atoms with van der Waals surface area (Å²) < 4.78 is 5.31. The number of Topliss-reactive ketones (excluding diaryl/α,β-unsaturated/α-hetero) is 1. The van der Waals surface area contributed by atoms with Crippen LogP contribution in [-0.4, -0.2) is 91.6 Å². The Balaban J connectivity index is 1.21. The van der Waals surface area contributed by atoms with E-state index in [0.717, 1.165) is 30.1 Å². The number of nitrogens with zero attached hydrogens (tertiary/aromatic N) is 5. The molecule has 1 aliphatic carbocycles. The van der Waals surface area contributed by atoms with E-state index in [0.29, 0.717) is 66.8 Å². The second kappa shape index (κ2) is 10.4. The molecule has 2 aromatic rings. The number of ether oxygens (including phenoxy) is 1. The van der Waals surface area contributed by atoms with Gasteiger partial charge >= 0.3 is 6.03 Å². The van der Waals surface area contributed by atoms with E-state index in [1.807, 2.05) is 17.0 Å². The minimum absolute atomic E-state index is 0.00731. The normalized spacial score (nSPS) is 21.6. The van der Waals surface area contributed by atoms with E-state index >= 15 is 0 Å². The van der Waals surface area contributed by atoms with Crippen LogP contribution in [0.25, 0.3) is 5.70 Å². The predicted octanol–water partition coefficient (Wildman–Crippen LogP) is 3.01. The number of morpholine rings is 1. The van der Waals surface area contributed by atoms with Gasteiger partial charge in [0.2, 0.25) is 0 Å². The number of amides is 3. The summed E-state index contributed by atoms with van der Waals surface area (Å²) >= 11 is 1.34. The zero-order valence-electron chi connectivity index (χ0n) is 21.1. The minimum Gasteiger partial charge on any atom is -0.379 e. The second-order valence-electron chi connectivity index (χ2n) is 9.53. The molecule has 0 saturated carbocycles. The van der Waals surface area contributed by atoms with Crippen molar-refractivity contribution in [3.63, 3.8) is 0 Å². The number of thiophene rings is 1. The molecule has 6 rings (SSSR count). The van der Waals surface area contributed by atoms with Crippen molar-refractivity contribution in [2.75, 3.05) is 64.3 Å². The fourth-order valence-corrected chi connectivity index (χ4v) is 6.22. The second-order valence-corrected chi connectivity index (χ2v) is 10.6. The summed E-state index contributed by atoms with van der Waals surface area (Å²) in [6, 6.07) is 8.08. The number of rotatable bonds is 5. The highest BCUT2D eigenvalue weighted by atomic mass is 32.1. The van der Waals surface area contributed by atoms with E-state index in [2.05, 4.69) is 32.8 Å². The number of hydrazine groups is 1. The van der Waals surface area contributed by atoms with Crippen molar-refractivity contribution >= 4 is 40.4 Å². The first-order chi connectivity index (χ1) is 18.5. The summed E-state index contributed by atoms with van der Waals surface area (Å²) in [5.41, 5.74) is 5.37. The molecule has 0 spiro atoms. The highest BCUT2D eigenvalue weighted by molar-refractivity contribution is 7.15. The van der Waals surface area contributed by atoms with Gasteiger partial charge in [0.25, 0.3) is 5.91 Å². The van der Waals surface area contributed by atoms with Crippen molar-refractivity contribution in [1.29, 1.82) is 0 Å². The monoisotopic (exact) mass is 535 g/mol. The lowest BCUT2D eigenvalue weighted by Crippen LogP contribution is -2.49. The van der Waals surface area contributed by atoms with Crippen LogP contribution in [0.4, 0.5) is 10.5 Å². The van der Waals surface area contributed by atoms with E-state index in [1.54, 1.807) is 23.2 Å². The molecule has 3 aliphatic heterocycles. The molecule has 198 valence electrons. The van der Waals surface area contributed by atoms with Crippen molar-refractivity contribution in [2.24, 2.45) is 10.2 Å². The fraction of sp³-hybridized carbons (Fsp3) is 0.423. The third-order valence-electron chi connectivity index (χ3n) is 7.34. The Morgan fingerprint density at radius 1 is 1.08 bits per heavy atom. The average molecular weight is 536 g/mol. The molecule has 38 heavy (non-hydrogen) atoms. The molecule has 2 N–H and O–H groups in total. The summed E-state index contributed by atoms with van der Waals surface area (Å²) in [6.45, 7) is 8.57. The molecule has 0 bridgehead atoms. The summed E-state index contributed by atoms with van der Waals surface area (Å²) in [5.74, 6) is -0.197. The maximum absolute atomic E-state index is 13.6. The first-order valence-electron chi connectivity index (χ1n) is 12.9. The molecule has 1 aromatic carbocycles. The van der Waals surface area contributed by atoms with E-state index < -0.39 is 12.1 Å². The number of hydrogen-bond acceptors (Lipinski definition) is 9. The van der Waals surface area contributed by atoms with Gasteiger partial charge < -0.3 is 19.9 Å². The fourth-order valence-electron chi connectivity index (χ4n) is 5.25. The van der Waals surface area contributed by atoms with Crippen LogP contribution in [0.2, 0.25) is 0 Å². The van der Waals surface area contributed by atoms with Gasteiger partial charge in [-0.05, 0) is 30.3 Å². The molecule has 1 unspecified atom stereocenters. The highest BCUT2D eigenvalue weighted by Crippen LogP contribution is 2.49. The number of nitrogens with one attached hydrogen (secondary N) is 2. The highest BCUT2D eigenvalue weighted by Gasteiger charge is 2.42. The van der Waals surface area contributed by atoms with Crippen molar-refractivity contribution in [3.05, 3.63) is 56.8 Å². The van der Waals surface area contributed by atoms with Gasteiger partial charge in [-0.25, -0.2) is 9.80 Å². The third-order valence-corrected chi connectivity index (χ3v) is 8.42. The summed E-state index contributed by atoms with van der Waals surface area (Å²) in [6.07, 6.45) is 0. The Labute approximate surface area is 224 Å². The van der Waals surface area contributed by atoms with Gasteiger partial charge in [-0.3, -0.25) is 15.0 Å². The minimum atomic E-state index is -0.514. The van der Waals surface area contributed by atoms with E-state index in [1.165, 1.54) is 11.3 Å². The number of carbonyl (C=O) groups excluding carboxylic acids is 3. The van der Waals surface area contributed by atoms with Gasteiger partial charge in [-0.1, -0.05) is 19.1 Å². The van der Waals surface area contributed by atoms with E-state index in [4.69, 9.17) is 4.74 Å². The molecule has 4 heterocycles. The topological polar surface area (TPSA) is 119 Å². The van der Waals surface area contributed by atoms with Crippen LogP contribution in [0.1, 0.15) is 43.4 Å². The Hall–Kier alpha value is -3.45. The largest absolute Gasteiger partial charge is 0.379 e. The smallest absolute Gasteiger partial charge is 0.333 e. The maximum atomic E-state index is 13.6. The van der Waals surface area contributed by atoms with E-state index in [9.17, 15) is 14.4 Å². The SMILES string of the molecule is CCN1CCN(C(=O)c2ccc(C3=C4C(=O)c5c(NC(=O)NN6CCOCC6)cccc5C4N=N3)s2)CC1. The third kappa shape index (κ3) is 4.53. The quantitative estimate of drug-likeness (QED) is 0.608. The van der Waals surface area contributed by atoms with E-state index in [-0.39, 0.29) is 11.7 Å². The molecule has 3 amide bonds. The number of urea groups is 1. The number of anilines is 1. The molecule has 11 nitrogen and oxygen atoms in total. The van der Waals surface area contributed by atoms with Crippen LogP contribution >= 0.6 is 11.3 Å². The van der Waals surface area contributed by atoms with Crippen molar-refractivity contribution in [2.45, 2.75) is 13.0 Å². The zero-order chi connectivity index (χ0) is 26.2. The Morgan fingerprint density at radius 3 is 2.63 bits per heavy atom. The number of likely N-dealkylation sites (N-methyl/N-ethyl adjacent to an activating group) is 1. The molecular weight excluding hydrogens is 506 g/mol. The average Bonchev–Trinajstić information content (AvgIpc) is 3.66. The van der Waals surface area contributed by atoms with Crippen LogP contribution in [0.15, 0.2) is 46.1 Å². The molecule has 0 radical (unpaired) electrons.